The molecule has 2 heterocycles. The van der Waals surface area contributed by atoms with Crippen LogP contribution in [-0.2, 0) is 0 Å². The van der Waals surface area contributed by atoms with Crippen LogP contribution in [0.5, 0.6) is 17.2 Å². The molecule has 1 unspecified atom stereocenters. The fraction of sp³-hybridized carbons (Fsp3) is 0.280. The van der Waals surface area contributed by atoms with E-state index in [2.05, 4.69) is 15.2 Å². The summed E-state index contributed by atoms with van der Waals surface area (Å²) in [4.78, 5) is 19.0. The zero-order valence-electron chi connectivity index (χ0n) is 18.3. The van der Waals surface area contributed by atoms with E-state index in [0.29, 0.717) is 36.8 Å². The molecule has 0 spiro atoms. The summed E-state index contributed by atoms with van der Waals surface area (Å²) < 4.78 is 17.7. The van der Waals surface area contributed by atoms with Crippen LogP contribution < -0.4 is 19.5 Å². The van der Waals surface area contributed by atoms with Crippen LogP contribution in [0, 0.1) is 0 Å². The van der Waals surface area contributed by atoms with Gasteiger partial charge in [-0.1, -0.05) is 12.1 Å². The Labute approximate surface area is 187 Å². The molecule has 1 aliphatic rings. The molecule has 7 nitrogen and oxygen atoms in total. The minimum Gasteiger partial charge on any atom is -0.492 e. The van der Waals surface area contributed by atoms with Crippen molar-refractivity contribution in [2.24, 2.45) is 0 Å². The summed E-state index contributed by atoms with van der Waals surface area (Å²) in [6.07, 6.45) is 1.44. The second kappa shape index (κ2) is 10.2. The molecule has 1 aliphatic heterocycles. The fourth-order valence-corrected chi connectivity index (χ4v) is 3.32. The third-order valence-electron chi connectivity index (χ3n) is 5.04. The van der Waals surface area contributed by atoms with Gasteiger partial charge in [0.2, 0.25) is 0 Å². The average Bonchev–Trinajstić information content (AvgIpc) is 2.83. The maximum absolute atomic E-state index is 12.6. The monoisotopic (exact) mass is 433 g/mol. The highest BCUT2D eigenvalue weighted by atomic mass is 16.6. The van der Waals surface area contributed by atoms with E-state index in [1.54, 1.807) is 30.5 Å². The standard InChI is InChI=1S/C25H27N3O4/c1-28(2)14-15-30-19-11-9-18(10-12-19)25(29)27-16-20-17-31-23-8-5-6-21(24(23)32-20)22-7-3-4-13-26-22/h3-13,20H,14-17H2,1-2H3,(H,27,29). The first-order valence-electron chi connectivity index (χ1n) is 10.6. The Morgan fingerprint density at radius 2 is 1.97 bits per heavy atom. The van der Waals surface area contributed by atoms with Gasteiger partial charge in [0.15, 0.2) is 11.5 Å². The van der Waals surface area contributed by atoms with Crippen molar-refractivity contribution in [3.8, 4) is 28.5 Å². The molecule has 0 aliphatic carbocycles. The molecule has 7 heteroatoms. The van der Waals surface area contributed by atoms with Crippen molar-refractivity contribution in [3.05, 3.63) is 72.4 Å². The molecule has 0 bridgehead atoms. The Bertz CT molecular complexity index is 1040. The summed E-state index contributed by atoms with van der Waals surface area (Å²) in [5, 5.41) is 2.93. The van der Waals surface area contributed by atoms with E-state index >= 15 is 0 Å². The van der Waals surface area contributed by atoms with Crippen molar-refractivity contribution in [2.45, 2.75) is 6.10 Å². The van der Waals surface area contributed by atoms with Crippen LogP contribution in [0.15, 0.2) is 66.9 Å². The molecule has 0 fully saturated rings. The zero-order valence-corrected chi connectivity index (χ0v) is 18.3. The molecule has 2 aromatic carbocycles. The van der Waals surface area contributed by atoms with E-state index in [0.717, 1.165) is 23.6 Å². The largest absolute Gasteiger partial charge is 0.492 e. The number of nitrogens with zero attached hydrogens (tertiary/aromatic N) is 2. The van der Waals surface area contributed by atoms with Crippen molar-refractivity contribution in [1.29, 1.82) is 0 Å². The lowest BCUT2D eigenvalue weighted by atomic mass is 10.1. The molecule has 1 aromatic heterocycles. The maximum Gasteiger partial charge on any atom is 0.251 e. The van der Waals surface area contributed by atoms with Gasteiger partial charge in [0.05, 0.1) is 12.2 Å². The van der Waals surface area contributed by atoms with Crippen molar-refractivity contribution in [1.82, 2.24) is 15.2 Å². The van der Waals surface area contributed by atoms with Crippen molar-refractivity contribution >= 4 is 5.91 Å². The van der Waals surface area contributed by atoms with Crippen molar-refractivity contribution in [3.63, 3.8) is 0 Å². The second-order valence-electron chi connectivity index (χ2n) is 7.78. The Hall–Kier alpha value is -3.58. The molecule has 0 radical (unpaired) electrons. The summed E-state index contributed by atoms with van der Waals surface area (Å²) in [7, 11) is 3.99. The molecule has 1 atom stereocenters. The van der Waals surface area contributed by atoms with Crippen LogP contribution in [-0.4, -0.2) is 62.3 Å². The van der Waals surface area contributed by atoms with E-state index in [1.165, 1.54) is 0 Å². The van der Waals surface area contributed by atoms with E-state index in [1.807, 2.05) is 50.5 Å². The van der Waals surface area contributed by atoms with Crippen LogP contribution in [0.2, 0.25) is 0 Å². The third-order valence-corrected chi connectivity index (χ3v) is 5.04. The van der Waals surface area contributed by atoms with Gasteiger partial charge < -0.3 is 24.4 Å². The summed E-state index contributed by atoms with van der Waals surface area (Å²) in [6, 6.07) is 18.6. The number of carbonyl (C=O) groups is 1. The molecule has 32 heavy (non-hydrogen) atoms. The van der Waals surface area contributed by atoms with Crippen LogP contribution in [0.25, 0.3) is 11.3 Å². The number of benzene rings is 2. The van der Waals surface area contributed by atoms with Gasteiger partial charge in [-0.05, 0) is 62.6 Å². The lowest BCUT2D eigenvalue weighted by molar-refractivity contribution is 0.0793. The first kappa shape index (κ1) is 21.6. The number of carbonyl (C=O) groups excluding carboxylic acids is 1. The number of hydrogen-bond donors (Lipinski definition) is 1. The zero-order chi connectivity index (χ0) is 22.3. The predicted molar refractivity (Wildman–Crippen MR) is 122 cm³/mol. The molecule has 3 aromatic rings. The normalized spacial score (nSPS) is 14.8. The van der Waals surface area contributed by atoms with Gasteiger partial charge in [0, 0.05) is 23.9 Å². The van der Waals surface area contributed by atoms with Gasteiger partial charge in [0.25, 0.3) is 5.91 Å². The molecule has 1 amide bonds. The van der Waals surface area contributed by atoms with Crippen LogP contribution >= 0.6 is 0 Å². The number of fused-ring (bicyclic) bond motifs is 1. The van der Waals surface area contributed by atoms with Gasteiger partial charge >= 0.3 is 0 Å². The van der Waals surface area contributed by atoms with Crippen LogP contribution in [0.4, 0.5) is 0 Å². The number of amides is 1. The van der Waals surface area contributed by atoms with Crippen molar-refractivity contribution < 1.29 is 19.0 Å². The molecule has 4 rings (SSSR count). The number of nitrogens with one attached hydrogen (secondary N) is 1. The Kier molecular flexibility index (Phi) is 6.87. The molecular formula is C25H27N3O4. The first-order valence-corrected chi connectivity index (χ1v) is 10.6. The number of pyridine rings is 1. The van der Waals surface area contributed by atoms with E-state index < -0.39 is 0 Å². The number of hydrogen-bond acceptors (Lipinski definition) is 6. The summed E-state index contributed by atoms with van der Waals surface area (Å²) >= 11 is 0. The number of rotatable bonds is 8. The SMILES string of the molecule is CN(C)CCOc1ccc(C(=O)NCC2COc3cccc(-c4ccccn4)c3O2)cc1. The lowest BCUT2D eigenvalue weighted by Crippen LogP contribution is -2.40. The van der Waals surface area contributed by atoms with Gasteiger partial charge in [-0.25, -0.2) is 0 Å². The highest BCUT2D eigenvalue weighted by Gasteiger charge is 2.25. The molecule has 1 N–H and O–H groups in total. The lowest BCUT2D eigenvalue weighted by Gasteiger charge is -2.28. The molecule has 166 valence electrons. The quantitative estimate of drug-likeness (QED) is 0.588. The predicted octanol–water partition coefficient (Wildman–Crippen LogP) is 3.26. The van der Waals surface area contributed by atoms with E-state index in [9.17, 15) is 4.79 Å². The number of aromatic nitrogens is 1. The Morgan fingerprint density at radius 3 is 2.72 bits per heavy atom. The Balaban J connectivity index is 1.34. The van der Waals surface area contributed by atoms with Gasteiger partial charge in [-0.3, -0.25) is 9.78 Å². The minimum absolute atomic E-state index is 0.169. The molecule has 0 saturated carbocycles. The van der Waals surface area contributed by atoms with Crippen LogP contribution in [0.1, 0.15) is 10.4 Å². The topological polar surface area (TPSA) is 72.9 Å². The van der Waals surface area contributed by atoms with Gasteiger partial charge in [-0.15, -0.1) is 0 Å². The maximum atomic E-state index is 12.6. The smallest absolute Gasteiger partial charge is 0.251 e. The summed E-state index contributed by atoms with van der Waals surface area (Å²) in [6.45, 7) is 2.11. The summed E-state index contributed by atoms with van der Waals surface area (Å²) in [5.74, 6) is 1.90. The summed E-state index contributed by atoms with van der Waals surface area (Å²) in [5.41, 5.74) is 2.24. The molecular weight excluding hydrogens is 406 g/mol. The third kappa shape index (κ3) is 5.36. The van der Waals surface area contributed by atoms with Crippen LogP contribution in [0.3, 0.4) is 0 Å². The number of likely N-dealkylation sites (N-methyl/N-ethyl adjacent to an activating group) is 1. The highest BCUT2D eigenvalue weighted by Crippen LogP contribution is 2.40. The van der Waals surface area contributed by atoms with E-state index in [4.69, 9.17) is 14.2 Å². The number of ether oxygens (including phenoxy) is 3. The first-order chi connectivity index (χ1) is 15.6. The van der Waals surface area contributed by atoms with E-state index in [-0.39, 0.29) is 12.0 Å². The molecule has 0 saturated heterocycles. The highest BCUT2D eigenvalue weighted by molar-refractivity contribution is 5.94. The van der Waals surface area contributed by atoms with Gasteiger partial charge in [0.1, 0.15) is 25.1 Å². The average molecular weight is 434 g/mol. The van der Waals surface area contributed by atoms with Crippen molar-refractivity contribution in [2.75, 3.05) is 40.4 Å². The fourth-order valence-electron chi connectivity index (χ4n) is 3.32. The Morgan fingerprint density at radius 1 is 1.12 bits per heavy atom. The minimum atomic E-state index is -0.301. The number of para-hydroxylation sites is 1. The second-order valence-corrected chi connectivity index (χ2v) is 7.78. The van der Waals surface area contributed by atoms with Gasteiger partial charge in [-0.2, -0.15) is 0 Å².